The van der Waals surface area contributed by atoms with E-state index in [2.05, 4.69) is 5.32 Å². The van der Waals surface area contributed by atoms with E-state index < -0.39 is 10.0 Å². The fourth-order valence-corrected chi connectivity index (χ4v) is 5.09. The highest BCUT2D eigenvalue weighted by Gasteiger charge is 2.32. The minimum absolute atomic E-state index is 0.141. The summed E-state index contributed by atoms with van der Waals surface area (Å²) < 4.78 is 39.3. The van der Waals surface area contributed by atoms with Crippen molar-refractivity contribution < 1.29 is 22.7 Å². The Kier molecular flexibility index (Phi) is 6.55. The second-order valence-electron chi connectivity index (χ2n) is 7.78. The third kappa shape index (κ3) is 4.96. The Balaban J connectivity index is 1.48. The van der Waals surface area contributed by atoms with Crippen molar-refractivity contribution in [3.63, 3.8) is 0 Å². The number of nitrogens with one attached hydrogen (secondary N) is 1. The van der Waals surface area contributed by atoms with Crippen LogP contribution in [0, 0.1) is 0 Å². The lowest BCUT2D eigenvalue weighted by Gasteiger charge is -2.34. The molecule has 1 atom stereocenters. The molecule has 0 fully saturated rings. The monoisotopic (exact) mass is 466 g/mol. The van der Waals surface area contributed by atoms with Crippen molar-refractivity contribution in [3.05, 3.63) is 78.4 Å². The standard InChI is InChI=1S/C25H26N2O5S/c1-3-16-31-21-12-8-19(9-13-21)25(28)26-20-10-14-22(15-11-20)33(29,30)27-17-18(2)32-24-7-5-4-6-23(24)27/h4-15,18H,3,16-17H2,1-2H3,(H,26,28)/t18-/m0/s1. The Labute approximate surface area is 194 Å². The quantitative estimate of drug-likeness (QED) is 0.545. The van der Waals surface area contributed by atoms with Gasteiger partial charge in [-0.25, -0.2) is 8.42 Å². The van der Waals surface area contributed by atoms with Gasteiger partial charge in [0, 0.05) is 11.3 Å². The number of fused-ring (bicyclic) bond motifs is 1. The number of hydrogen-bond donors (Lipinski definition) is 1. The van der Waals surface area contributed by atoms with Gasteiger partial charge in [0.25, 0.3) is 15.9 Å². The molecule has 1 N–H and O–H groups in total. The molecule has 1 amide bonds. The summed E-state index contributed by atoms with van der Waals surface area (Å²) >= 11 is 0. The topological polar surface area (TPSA) is 84.9 Å². The molecule has 3 aromatic rings. The molecule has 172 valence electrons. The maximum absolute atomic E-state index is 13.3. The van der Waals surface area contributed by atoms with Crippen LogP contribution in [-0.4, -0.2) is 33.6 Å². The second kappa shape index (κ2) is 9.54. The SMILES string of the molecule is CCCOc1ccc(C(=O)Nc2ccc(S(=O)(=O)N3C[C@H](C)Oc4ccccc43)cc2)cc1. The summed E-state index contributed by atoms with van der Waals surface area (Å²) in [5, 5.41) is 2.79. The normalized spacial score (nSPS) is 15.3. The van der Waals surface area contributed by atoms with Crippen LogP contribution in [0.4, 0.5) is 11.4 Å². The van der Waals surface area contributed by atoms with E-state index in [9.17, 15) is 13.2 Å². The van der Waals surface area contributed by atoms with Crippen molar-refractivity contribution in [3.8, 4) is 11.5 Å². The van der Waals surface area contributed by atoms with Gasteiger partial charge in [-0.2, -0.15) is 0 Å². The third-order valence-corrected chi connectivity index (χ3v) is 6.97. The lowest BCUT2D eigenvalue weighted by atomic mass is 10.2. The third-order valence-electron chi connectivity index (χ3n) is 5.17. The number of carbonyl (C=O) groups excluding carboxylic acids is 1. The molecule has 0 spiro atoms. The van der Waals surface area contributed by atoms with E-state index in [1.54, 1.807) is 54.6 Å². The lowest BCUT2D eigenvalue weighted by molar-refractivity contribution is 0.102. The molecule has 1 aliphatic rings. The van der Waals surface area contributed by atoms with Crippen LogP contribution in [-0.2, 0) is 10.0 Å². The summed E-state index contributed by atoms with van der Waals surface area (Å²) in [6.07, 6.45) is 0.636. The summed E-state index contributed by atoms with van der Waals surface area (Å²) in [4.78, 5) is 12.7. The number of nitrogens with zero attached hydrogens (tertiary/aromatic N) is 1. The van der Waals surface area contributed by atoms with Gasteiger partial charge in [-0.1, -0.05) is 19.1 Å². The van der Waals surface area contributed by atoms with Crippen LogP contribution in [0.15, 0.2) is 77.7 Å². The molecular weight excluding hydrogens is 440 g/mol. The van der Waals surface area contributed by atoms with Crippen LogP contribution in [0.3, 0.4) is 0 Å². The zero-order valence-electron chi connectivity index (χ0n) is 18.5. The predicted octanol–water partition coefficient (Wildman–Crippen LogP) is 4.70. The molecule has 8 heteroatoms. The molecule has 0 radical (unpaired) electrons. The van der Waals surface area contributed by atoms with Crippen molar-refractivity contribution in [2.24, 2.45) is 0 Å². The summed E-state index contributed by atoms with van der Waals surface area (Å²) in [7, 11) is -3.79. The summed E-state index contributed by atoms with van der Waals surface area (Å²) in [6, 6.07) is 20.1. The highest BCUT2D eigenvalue weighted by molar-refractivity contribution is 7.92. The number of benzene rings is 3. The van der Waals surface area contributed by atoms with E-state index >= 15 is 0 Å². The Morgan fingerprint density at radius 1 is 1.06 bits per heavy atom. The Morgan fingerprint density at radius 3 is 2.45 bits per heavy atom. The second-order valence-corrected chi connectivity index (χ2v) is 9.65. The van der Waals surface area contributed by atoms with Gasteiger partial charge >= 0.3 is 0 Å². The molecule has 0 saturated heterocycles. The molecule has 4 rings (SSSR count). The molecule has 0 saturated carbocycles. The van der Waals surface area contributed by atoms with Gasteiger partial charge in [-0.05, 0) is 74.0 Å². The first-order chi connectivity index (χ1) is 15.9. The van der Waals surface area contributed by atoms with Crippen LogP contribution in [0.2, 0.25) is 0 Å². The average molecular weight is 467 g/mol. The number of ether oxygens (including phenoxy) is 2. The molecular formula is C25H26N2O5S. The lowest BCUT2D eigenvalue weighted by Crippen LogP contribution is -2.42. The van der Waals surface area contributed by atoms with Gasteiger partial charge in [0.1, 0.15) is 17.6 Å². The number of rotatable bonds is 7. The van der Waals surface area contributed by atoms with Crippen molar-refractivity contribution in [2.45, 2.75) is 31.3 Å². The minimum atomic E-state index is -3.79. The maximum Gasteiger partial charge on any atom is 0.264 e. The molecule has 1 aliphatic heterocycles. The van der Waals surface area contributed by atoms with Crippen LogP contribution in [0.5, 0.6) is 11.5 Å². The minimum Gasteiger partial charge on any atom is -0.494 e. The van der Waals surface area contributed by atoms with Gasteiger partial charge in [0.05, 0.1) is 23.7 Å². The van der Waals surface area contributed by atoms with Crippen LogP contribution in [0.1, 0.15) is 30.6 Å². The molecule has 0 aliphatic carbocycles. The zero-order chi connectivity index (χ0) is 23.4. The number of anilines is 2. The number of para-hydroxylation sites is 2. The fraction of sp³-hybridized carbons (Fsp3) is 0.240. The van der Waals surface area contributed by atoms with Gasteiger partial charge in [-0.15, -0.1) is 0 Å². The molecule has 7 nitrogen and oxygen atoms in total. The average Bonchev–Trinajstić information content (AvgIpc) is 2.82. The largest absolute Gasteiger partial charge is 0.494 e. The van der Waals surface area contributed by atoms with Crippen molar-refractivity contribution in [2.75, 3.05) is 22.8 Å². The highest BCUT2D eigenvalue weighted by Crippen LogP contribution is 2.36. The van der Waals surface area contributed by atoms with E-state index in [-0.39, 0.29) is 23.5 Å². The van der Waals surface area contributed by atoms with Crippen LogP contribution in [0.25, 0.3) is 0 Å². The van der Waals surface area contributed by atoms with E-state index in [1.165, 1.54) is 16.4 Å². The highest BCUT2D eigenvalue weighted by atomic mass is 32.2. The zero-order valence-corrected chi connectivity index (χ0v) is 19.3. The number of hydrogen-bond acceptors (Lipinski definition) is 5. The van der Waals surface area contributed by atoms with E-state index in [0.29, 0.717) is 35.0 Å². The van der Waals surface area contributed by atoms with Gasteiger partial charge in [-0.3, -0.25) is 9.10 Å². The van der Waals surface area contributed by atoms with Crippen molar-refractivity contribution in [1.29, 1.82) is 0 Å². The Hall–Kier alpha value is -3.52. The summed E-state index contributed by atoms with van der Waals surface area (Å²) in [5.74, 6) is 0.959. The molecule has 1 heterocycles. The summed E-state index contributed by atoms with van der Waals surface area (Å²) in [5.41, 5.74) is 1.50. The van der Waals surface area contributed by atoms with Crippen LogP contribution >= 0.6 is 0 Å². The Morgan fingerprint density at radius 2 is 1.76 bits per heavy atom. The smallest absolute Gasteiger partial charge is 0.264 e. The van der Waals surface area contributed by atoms with Gasteiger partial charge < -0.3 is 14.8 Å². The molecule has 0 aromatic heterocycles. The van der Waals surface area contributed by atoms with Gasteiger partial charge in [0.15, 0.2) is 0 Å². The molecule has 0 bridgehead atoms. The summed E-state index contributed by atoms with van der Waals surface area (Å²) in [6.45, 7) is 4.70. The Bertz CT molecular complexity index is 1220. The van der Waals surface area contributed by atoms with Crippen molar-refractivity contribution in [1.82, 2.24) is 0 Å². The fourth-order valence-electron chi connectivity index (χ4n) is 3.54. The van der Waals surface area contributed by atoms with E-state index in [4.69, 9.17) is 9.47 Å². The predicted molar refractivity (Wildman–Crippen MR) is 128 cm³/mol. The molecule has 33 heavy (non-hydrogen) atoms. The maximum atomic E-state index is 13.3. The first-order valence-electron chi connectivity index (χ1n) is 10.8. The first-order valence-corrected chi connectivity index (χ1v) is 12.2. The molecule has 3 aromatic carbocycles. The number of carbonyl (C=O) groups is 1. The number of sulfonamides is 1. The van der Waals surface area contributed by atoms with E-state index in [1.807, 2.05) is 19.9 Å². The number of amides is 1. The molecule has 0 unspecified atom stereocenters. The van der Waals surface area contributed by atoms with Crippen molar-refractivity contribution >= 4 is 27.3 Å². The van der Waals surface area contributed by atoms with Crippen LogP contribution < -0.4 is 19.1 Å². The first kappa shape index (κ1) is 22.7. The van der Waals surface area contributed by atoms with Gasteiger partial charge in [0.2, 0.25) is 0 Å². The van der Waals surface area contributed by atoms with E-state index in [0.717, 1.165) is 6.42 Å².